The molecule has 0 aromatic carbocycles. The summed E-state index contributed by atoms with van der Waals surface area (Å²) in [5.41, 5.74) is 12.4. The van der Waals surface area contributed by atoms with Crippen molar-refractivity contribution in [1.29, 1.82) is 0 Å². The van der Waals surface area contributed by atoms with Gasteiger partial charge < -0.3 is 10.7 Å². The van der Waals surface area contributed by atoms with Gasteiger partial charge in [0.15, 0.2) is 0 Å². The van der Waals surface area contributed by atoms with E-state index >= 15 is 0 Å². The van der Waals surface area contributed by atoms with Crippen molar-refractivity contribution in [3.05, 3.63) is 34.7 Å². The fraction of sp³-hybridized carbons (Fsp3) is 0.400. The van der Waals surface area contributed by atoms with Gasteiger partial charge in [-0.25, -0.2) is 5.43 Å². The van der Waals surface area contributed by atoms with Crippen molar-refractivity contribution < 1.29 is 0 Å². The summed E-state index contributed by atoms with van der Waals surface area (Å²) < 4.78 is 0. The van der Waals surface area contributed by atoms with Crippen molar-refractivity contribution in [2.75, 3.05) is 13.1 Å². The van der Waals surface area contributed by atoms with Gasteiger partial charge >= 0.3 is 0 Å². The molecule has 0 saturated heterocycles. The highest BCUT2D eigenvalue weighted by Crippen LogP contribution is 2.31. The number of hydrazine groups is 1. The summed E-state index contributed by atoms with van der Waals surface area (Å²) >= 11 is 0. The van der Waals surface area contributed by atoms with Crippen LogP contribution in [0, 0.1) is 0 Å². The molecular weight excluding hydrogens is 162 g/mol. The molecule has 0 spiro atoms. The molecule has 2 aliphatic heterocycles. The van der Waals surface area contributed by atoms with Gasteiger partial charge in [0.25, 0.3) is 0 Å². The molecule has 3 nitrogen and oxygen atoms in total. The van der Waals surface area contributed by atoms with Gasteiger partial charge in [0, 0.05) is 25.2 Å². The molecule has 3 aliphatic rings. The minimum Gasteiger partial charge on any atom is -0.387 e. The molecule has 0 amide bonds. The average molecular weight is 175 g/mol. The molecule has 0 unspecified atom stereocenters. The highest BCUT2D eigenvalue weighted by Gasteiger charge is 2.22. The highest BCUT2D eigenvalue weighted by atomic mass is 15.4. The van der Waals surface area contributed by atoms with E-state index in [-0.39, 0.29) is 0 Å². The Labute approximate surface area is 77.6 Å². The van der Waals surface area contributed by atoms with Crippen LogP contribution in [0.5, 0.6) is 0 Å². The minimum atomic E-state index is 1.01. The van der Waals surface area contributed by atoms with Crippen molar-refractivity contribution in [3.63, 3.8) is 0 Å². The van der Waals surface area contributed by atoms with Crippen LogP contribution in [0.2, 0.25) is 0 Å². The molecule has 2 heterocycles. The van der Waals surface area contributed by atoms with E-state index in [1.165, 1.54) is 16.8 Å². The maximum atomic E-state index is 3.26. The predicted molar refractivity (Wildman–Crippen MR) is 51.6 cm³/mol. The van der Waals surface area contributed by atoms with Crippen LogP contribution in [0.25, 0.3) is 0 Å². The third-order valence-electron chi connectivity index (χ3n) is 2.93. The van der Waals surface area contributed by atoms with Gasteiger partial charge in [-0.05, 0) is 35.4 Å². The van der Waals surface area contributed by atoms with Crippen LogP contribution in [-0.2, 0) is 0 Å². The van der Waals surface area contributed by atoms with Gasteiger partial charge in [-0.1, -0.05) is 0 Å². The summed E-state index contributed by atoms with van der Waals surface area (Å²) in [7, 11) is 0. The van der Waals surface area contributed by atoms with Gasteiger partial charge in [0.05, 0.1) is 0 Å². The third-order valence-corrected chi connectivity index (χ3v) is 2.93. The zero-order valence-electron chi connectivity index (χ0n) is 7.48. The minimum absolute atomic E-state index is 1.01. The molecule has 1 aliphatic carbocycles. The molecule has 0 aromatic rings. The molecule has 0 atom stereocenters. The number of rotatable bonds is 0. The van der Waals surface area contributed by atoms with Crippen LogP contribution in [-0.4, -0.2) is 13.1 Å². The fourth-order valence-electron chi connectivity index (χ4n) is 2.17. The first-order valence-electron chi connectivity index (χ1n) is 4.74. The lowest BCUT2D eigenvalue weighted by Gasteiger charge is -2.22. The Hall–Kier alpha value is -1.22. The molecule has 68 valence electrons. The number of nitrogens with one attached hydrogen (secondary N) is 3. The predicted octanol–water partition coefficient (Wildman–Crippen LogP) is 0.556. The second kappa shape index (κ2) is 2.64. The van der Waals surface area contributed by atoms with E-state index in [1.807, 2.05) is 6.20 Å². The lowest BCUT2D eigenvalue weighted by atomic mass is 9.89. The Morgan fingerprint density at radius 2 is 2.08 bits per heavy atom. The summed E-state index contributed by atoms with van der Waals surface area (Å²) in [5.74, 6) is 0. The zero-order valence-corrected chi connectivity index (χ0v) is 7.48. The summed E-state index contributed by atoms with van der Waals surface area (Å²) in [4.78, 5) is 0. The molecule has 3 N–H and O–H groups in total. The molecule has 0 bridgehead atoms. The summed E-state index contributed by atoms with van der Waals surface area (Å²) in [6.07, 6.45) is 6.47. The van der Waals surface area contributed by atoms with Crippen molar-refractivity contribution in [2.45, 2.75) is 12.8 Å². The van der Waals surface area contributed by atoms with E-state index < -0.39 is 0 Å². The summed E-state index contributed by atoms with van der Waals surface area (Å²) in [6, 6.07) is 0. The van der Waals surface area contributed by atoms with E-state index in [4.69, 9.17) is 0 Å². The highest BCUT2D eigenvalue weighted by molar-refractivity contribution is 5.43. The molecule has 3 heteroatoms. The van der Waals surface area contributed by atoms with E-state index in [0.717, 1.165) is 25.9 Å². The molecule has 3 rings (SSSR count). The molecule has 0 radical (unpaired) electrons. The fourth-order valence-corrected chi connectivity index (χ4v) is 2.17. The van der Waals surface area contributed by atoms with Crippen LogP contribution < -0.4 is 16.2 Å². The monoisotopic (exact) mass is 175 g/mol. The molecule has 0 aromatic heterocycles. The Kier molecular flexibility index (Phi) is 1.46. The second-order valence-corrected chi connectivity index (χ2v) is 3.76. The summed E-state index contributed by atoms with van der Waals surface area (Å²) in [5, 5.41) is 3.26. The number of hydrogen-bond donors (Lipinski definition) is 3. The lowest BCUT2D eigenvalue weighted by Crippen LogP contribution is -2.24. The van der Waals surface area contributed by atoms with E-state index in [9.17, 15) is 0 Å². The standard InChI is InChI=1S/C10H13N3/c1-2-11-5-8-3-9-6-12-13-10(9)4-7(1)8/h1-2,11-13H,3-6H2. The van der Waals surface area contributed by atoms with Gasteiger partial charge in [0.2, 0.25) is 0 Å². The number of allylic oxidation sites excluding steroid dienone is 2. The average Bonchev–Trinajstić information content (AvgIpc) is 2.61. The zero-order chi connectivity index (χ0) is 8.67. The molecule has 0 fully saturated rings. The Morgan fingerprint density at radius 3 is 3.08 bits per heavy atom. The van der Waals surface area contributed by atoms with Crippen LogP contribution >= 0.6 is 0 Å². The molecule has 13 heavy (non-hydrogen) atoms. The van der Waals surface area contributed by atoms with Crippen molar-refractivity contribution in [2.24, 2.45) is 0 Å². The Morgan fingerprint density at radius 1 is 1.08 bits per heavy atom. The number of hydrogen-bond acceptors (Lipinski definition) is 3. The van der Waals surface area contributed by atoms with Crippen LogP contribution in [0.1, 0.15) is 12.8 Å². The molecular formula is C10H13N3. The molecule has 0 saturated carbocycles. The first kappa shape index (κ1) is 7.21. The Balaban J connectivity index is 1.91. The maximum absolute atomic E-state index is 3.26. The quantitative estimate of drug-likeness (QED) is 0.503. The number of dihydropyridines is 1. The smallest absolute Gasteiger partial charge is 0.0381 e. The first-order chi connectivity index (χ1) is 6.43. The van der Waals surface area contributed by atoms with Gasteiger partial charge in [-0.15, -0.1) is 0 Å². The topological polar surface area (TPSA) is 36.1 Å². The lowest BCUT2D eigenvalue weighted by molar-refractivity contribution is 0.686. The van der Waals surface area contributed by atoms with Crippen molar-refractivity contribution in [3.8, 4) is 0 Å². The maximum Gasteiger partial charge on any atom is 0.0381 e. The van der Waals surface area contributed by atoms with Gasteiger partial charge in [0.1, 0.15) is 0 Å². The summed E-state index contributed by atoms with van der Waals surface area (Å²) in [6.45, 7) is 2.04. The largest absolute Gasteiger partial charge is 0.387 e. The van der Waals surface area contributed by atoms with E-state index in [2.05, 4.69) is 22.2 Å². The van der Waals surface area contributed by atoms with E-state index in [0.29, 0.717) is 0 Å². The normalized spacial score (nSPS) is 25.2. The van der Waals surface area contributed by atoms with E-state index in [1.54, 1.807) is 5.57 Å². The van der Waals surface area contributed by atoms with Gasteiger partial charge in [-0.3, -0.25) is 0 Å². The van der Waals surface area contributed by atoms with Crippen LogP contribution in [0.4, 0.5) is 0 Å². The first-order valence-corrected chi connectivity index (χ1v) is 4.74. The van der Waals surface area contributed by atoms with Gasteiger partial charge in [-0.2, -0.15) is 0 Å². The van der Waals surface area contributed by atoms with Crippen molar-refractivity contribution in [1.82, 2.24) is 16.2 Å². The third kappa shape index (κ3) is 1.08. The second-order valence-electron chi connectivity index (χ2n) is 3.76. The SMILES string of the molecule is C1=CC2=C(CN1)CC1=C(C2)NNC1. The van der Waals surface area contributed by atoms with Crippen LogP contribution in [0.15, 0.2) is 34.7 Å². The van der Waals surface area contributed by atoms with Crippen molar-refractivity contribution >= 4 is 0 Å². The Bertz CT molecular complexity index is 336. The van der Waals surface area contributed by atoms with Crippen LogP contribution in [0.3, 0.4) is 0 Å².